The molecule has 14 heavy (non-hydrogen) atoms. The first-order valence-electron chi connectivity index (χ1n) is 4.25. The molecule has 0 atom stereocenters. The predicted molar refractivity (Wildman–Crippen MR) is 54.4 cm³/mol. The van der Waals surface area contributed by atoms with Gasteiger partial charge in [0, 0.05) is 24.2 Å². The molecular weight excluding hydrogens is 180 g/mol. The maximum Gasteiger partial charge on any atom is 0.252 e. The third-order valence-corrected chi connectivity index (χ3v) is 2.00. The van der Waals surface area contributed by atoms with Crippen LogP contribution in [0.5, 0.6) is 0 Å². The smallest absolute Gasteiger partial charge is 0.252 e. The third-order valence-electron chi connectivity index (χ3n) is 2.00. The highest BCUT2D eigenvalue weighted by Gasteiger charge is 2.01. The number of pyridine rings is 1. The Kier molecular flexibility index (Phi) is 1.92. The summed E-state index contributed by atoms with van der Waals surface area (Å²) in [4.78, 5) is 22.2. The Morgan fingerprint density at radius 2 is 2.29 bits per heavy atom. The lowest BCUT2D eigenvalue weighted by molar-refractivity contribution is 1.13. The highest BCUT2D eigenvalue weighted by molar-refractivity contribution is 5.74. The third kappa shape index (κ3) is 1.32. The molecule has 0 aliphatic heterocycles. The van der Waals surface area contributed by atoms with Crippen molar-refractivity contribution in [3.05, 3.63) is 28.2 Å². The Bertz CT molecular complexity index is 532. The fraction of sp³-hybridized carbons (Fsp3) is 0.222. The second-order valence-corrected chi connectivity index (χ2v) is 3.03. The minimum atomic E-state index is -0.113. The van der Waals surface area contributed by atoms with Gasteiger partial charge in [0.05, 0.1) is 0 Å². The molecule has 0 aliphatic rings. The molecule has 2 aromatic rings. The molecule has 0 amide bonds. The van der Waals surface area contributed by atoms with Gasteiger partial charge in [-0.25, -0.2) is 4.98 Å². The molecule has 0 radical (unpaired) electrons. The minimum Gasteiger partial charge on any atom is -0.357 e. The van der Waals surface area contributed by atoms with Gasteiger partial charge < -0.3 is 10.3 Å². The van der Waals surface area contributed by atoms with Gasteiger partial charge in [0.15, 0.2) is 0 Å². The number of nitrogens with one attached hydrogen (secondary N) is 2. The zero-order valence-electron chi connectivity index (χ0n) is 7.96. The molecule has 5 nitrogen and oxygen atoms in total. The van der Waals surface area contributed by atoms with Gasteiger partial charge in [-0.1, -0.05) is 0 Å². The Hall–Kier alpha value is -1.91. The molecule has 0 spiro atoms. The quantitative estimate of drug-likeness (QED) is 0.693. The zero-order valence-corrected chi connectivity index (χ0v) is 7.96. The fourth-order valence-electron chi connectivity index (χ4n) is 1.22. The standard InChI is InChI=1S/C9H10N4O/c1-5-3-6-4-11-9(10-2)13-7(6)12-8(5)14/h3-4H,1-2H3,(H2,10,11,12,13,14). The molecule has 72 valence electrons. The number of H-pyrrole nitrogens is 1. The average Bonchev–Trinajstić information content (AvgIpc) is 2.19. The number of aryl methyl sites for hydroxylation is 1. The highest BCUT2D eigenvalue weighted by atomic mass is 16.1. The summed E-state index contributed by atoms with van der Waals surface area (Å²) in [5.41, 5.74) is 1.11. The van der Waals surface area contributed by atoms with E-state index in [-0.39, 0.29) is 5.56 Å². The van der Waals surface area contributed by atoms with Crippen molar-refractivity contribution in [2.45, 2.75) is 6.92 Å². The molecule has 2 heterocycles. The average molecular weight is 190 g/mol. The van der Waals surface area contributed by atoms with Gasteiger partial charge in [-0.3, -0.25) is 4.79 Å². The molecule has 0 aromatic carbocycles. The van der Waals surface area contributed by atoms with Gasteiger partial charge in [0.2, 0.25) is 5.95 Å². The van der Waals surface area contributed by atoms with Crippen molar-refractivity contribution in [3.8, 4) is 0 Å². The molecule has 0 fully saturated rings. The molecule has 5 heteroatoms. The van der Waals surface area contributed by atoms with Crippen LogP contribution in [0.15, 0.2) is 17.1 Å². The number of aromatic amines is 1. The van der Waals surface area contributed by atoms with E-state index in [1.165, 1.54) is 0 Å². The number of nitrogens with zero attached hydrogens (tertiary/aromatic N) is 2. The summed E-state index contributed by atoms with van der Waals surface area (Å²) in [6.07, 6.45) is 1.68. The van der Waals surface area contributed by atoms with Crippen molar-refractivity contribution in [1.82, 2.24) is 15.0 Å². The summed E-state index contributed by atoms with van der Waals surface area (Å²) >= 11 is 0. The van der Waals surface area contributed by atoms with Crippen molar-refractivity contribution in [3.63, 3.8) is 0 Å². The Morgan fingerprint density at radius 3 is 3.00 bits per heavy atom. The normalized spacial score (nSPS) is 10.4. The summed E-state index contributed by atoms with van der Waals surface area (Å²) < 4.78 is 0. The number of fused-ring (bicyclic) bond motifs is 1. The van der Waals surface area contributed by atoms with Crippen LogP contribution in [0.1, 0.15) is 5.56 Å². The first kappa shape index (κ1) is 8.68. The van der Waals surface area contributed by atoms with Crippen LogP contribution in [0.2, 0.25) is 0 Å². The van der Waals surface area contributed by atoms with E-state index >= 15 is 0 Å². The molecule has 2 rings (SSSR count). The zero-order chi connectivity index (χ0) is 10.1. The maximum absolute atomic E-state index is 11.3. The number of rotatable bonds is 1. The van der Waals surface area contributed by atoms with Gasteiger partial charge in [0.1, 0.15) is 5.65 Å². The number of anilines is 1. The van der Waals surface area contributed by atoms with E-state index < -0.39 is 0 Å². The lowest BCUT2D eigenvalue weighted by atomic mass is 10.2. The first-order valence-corrected chi connectivity index (χ1v) is 4.25. The summed E-state index contributed by atoms with van der Waals surface area (Å²) in [7, 11) is 1.73. The van der Waals surface area contributed by atoms with Crippen LogP contribution < -0.4 is 10.9 Å². The van der Waals surface area contributed by atoms with Crippen LogP contribution in [0.25, 0.3) is 11.0 Å². The molecule has 0 saturated heterocycles. The topological polar surface area (TPSA) is 70.7 Å². The van der Waals surface area contributed by atoms with Crippen molar-refractivity contribution < 1.29 is 0 Å². The molecule has 0 bridgehead atoms. The van der Waals surface area contributed by atoms with E-state index in [4.69, 9.17) is 0 Å². The van der Waals surface area contributed by atoms with Crippen LogP contribution in [0.4, 0.5) is 5.95 Å². The predicted octanol–water partition coefficient (Wildman–Crippen LogP) is 0.668. The first-order chi connectivity index (χ1) is 6.70. The van der Waals surface area contributed by atoms with Crippen LogP contribution in [0, 0.1) is 6.92 Å². The van der Waals surface area contributed by atoms with E-state index in [0.29, 0.717) is 17.2 Å². The second-order valence-electron chi connectivity index (χ2n) is 3.03. The lowest BCUT2D eigenvalue weighted by Crippen LogP contribution is -2.10. The number of hydrogen-bond acceptors (Lipinski definition) is 4. The SMILES string of the molecule is CNc1ncc2cc(C)c(=O)[nH]c2n1. The summed E-state index contributed by atoms with van der Waals surface area (Å²) in [6.45, 7) is 1.75. The number of hydrogen-bond donors (Lipinski definition) is 2. The Morgan fingerprint density at radius 1 is 1.50 bits per heavy atom. The summed E-state index contributed by atoms with van der Waals surface area (Å²) in [5.74, 6) is 0.497. The van der Waals surface area contributed by atoms with E-state index in [2.05, 4.69) is 20.3 Å². The maximum atomic E-state index is 11.3. The Balaban J connectivity index is 2.77. The molecule has 0 saturated carbocycles. The Labute approximate surface area is 80.2 Å². The minimum absolute atomic E-state index is 0.113. The second kappa shape index (κ2) is 3.10. The van der Waals surface area contributed by atoms with Gasteiger partial charge in [-0.05, 0) is 13.0 Å². The monoisotopic (exact) mass is 190 g/mol. The van der Waals surface area contributed by atoms with Crippen LogP contribution in [-0.4, -0.2) is 22.0 Å². The van der Waals surface area contributed by atoms with Gasteiger partial charge in [-0.2, -0.15) is 4.98 Å². The van der Waals surface area contributed by atoms with Crippen molar-refractivity contribution in [2.24, 2.45) is 0 Å². The largest absolute Gasteiger partial charge is 0.357 e. The molecular formula is C9H10N4O. The fourth-order valence-corrected chi connectivity index (χ4v) is 1.22. The van der Waals surface area contributed by atoms with Gasteiger partial charge >= 0.3 is 0 Å². The van der Waals surface area contributed by atoms with E-state index in [9.17, 15) is 4.79 Å². The van der Waals surface area contributed by atoms with Gasteiger partial charge in [0.25, 0.3) is 5.56 Å². The van der Waals surface area contributed by atoms with Crippen molar-refractivity contribution in [2.75, 3.05) is 12.4 Å². The van der Waals surface area contributed by atoms with E-state index in [1.807, 2.05) is 0 Å². The van der Waals surface area contributed by atoms with Crippen LogP contribution >= 0.6 is 0 Å². The highest BCUT2D eigenvalue weighted by Crippen LogP contribution is 2.08. The molecule has 0 aliphatic carbocycles. The van der Waals surface area contributed by atoms with Crippen LogP contribution in [0.3, 0.4) is 0 Å². The lowest BCUT2D eigenvalue weighted by Gasteiger charge is -2.00. The van der Waals surface area contributed by atoms with E-state index in [0.717, 1.165) is 5.39 Å². The number of aromatic nitrogens is 3. The summed E-state index contributed by atoms with van der Waals surface area (Å²) in [6, 6.07) is 1.77. The van der Waals surface area contributed by atoms with Crippen molar-refractivity contribution >= 4 is 17.0 Å². The van der Waals surface area contributed by atoms with Gasteiger partial charge in [-0.15, -0.1) is 0 Å². The molecule has 2 aromatic heterocycles. The van der Waals surface area contributed by atoms with Crippen molar-refractivity contribution in [1.29, 1.82) is 0 Å². The van der Waals surface area contributed by atoms with E-state index in [1.54, 1.807) is 26.2 Å². The van der Waals surface area contributed by atoms with Crippen LogP contribution in [-0.2, 0) is 0 Å². The summed E-state index contributed by atoms with van der Waals surface area (Å²) in [5, 5.41) is 3.64. The molecule has 0 unspecified atom stereocenters. The molecule has 2 N–H and O–H groups in total.